The van der Waals surface area contributed by atoms with Gasteiger partial charge in [-0.3, -0.25) is 14.5 Å². The molecule has 1 aliphatic carbocycles. The molecule has 136 valence electrons. The van der Waals surface area contributed by atoms with Gasteiger partial charge < -0.3 is 19.5 Å². The third kappa shape index (κ3) is 2.64. The Balaban J connectivity index is 1.83. The summed E-state index contributed by atoms with van der Waals surface area (Å²) in [5.41, 5.74) is 1.25. The summed E-state index contributed by atoms with van der Waals surface area (Å²) in [5.74, 6) is 0.229. The van der Waals surface area contributed by atoms with Gasteiger partial charge in [0.15, 0.2) is 5.75 Å². The number of phenols is 1. The first-order chi connectivity index (χ1) is 12.6. The minimum Gasteiger partial charge on any atom is -0.507 e. The molecule has 2 amide bonds. The number of carbonyl (C=O) groups is 2. The summed E-state index contributed by atoms with van der Waals surface area (Å²) in [4.78, 5) is 28.5. The fourth-order valence-corrected chi connectivity index (χ4v) is 3.50. The molecule has 7 nitrogen and oxygen atoms in total. The molecule has 1 aromatic rings. The van der Waals surface area contributed by atoms with E-state index in [1.807, 2.05) is 12.2 Å². The first-order valence-corrected chi connectivity index (χ1v) is 8.69. The minimum absolute atomic E-state index is 0.0942. The highest BCUT2D eigenvalue weighted by Gasteiger charge is 2.35. The first kappa shape index (κ1) is 16.7. The van der Waals surface area contributed by atoms with Gasteiger partial charge in [0.25, 0.3) is 5.91 Å². The number of fused-ring (bicyclic) bond motifs is 1. The van der Waals surface area contributed by atoms with Crippen LogP contribution in [0.25, 0.3) is 0 Å². The molecule has 0 spiro atoms. The fraction of sp³-hybridized carbons (Fsp3) is 0.368. The molecule has 2 aliphatic heterocycles. The molecule has 0 aromatic heterocycles. The van der Waals surface area contributed by atoms with Crippen LogP contribution in [0.3, 0.4) is 0 Å². The Morgan fingerprint density at radius 2 is 1.96 bits per heavy atom. The summed E-state index contributed by atoms with van der Waals surface area (Å²) in [7, 11) is 0. The number of hydrogen-bond acceptors (Lipinski definition) is 5. The fourth-order valence-electron chi connectivity index (χ4n) is 3.50. The van der Waals surface area contributed by atoms with Crippen LogP contribution >= 0.6 is 0 Å². The van der Waals surface area contributed by atoms with Crippen molar-refractivity contribution in [1.82, 2.24) is 4.90 Å². The van der Waals surface area contributed by atoms with Crippen molar-refractivity contribution in [2.24, 2.45) is 0 Å². The highest BCUT2D eigenvalue weighted by Crippen LogP contribution is 2.46. The zero-order valence-electron chi connectivity index (χ0n) is 14.5. The molecular weight excluding hydrogens is 336 g/mol. The van der Waals surface area contributed by atoms with Crippen LogP contribution in [0.4, 0.5) is 5.69 Å². The largest absolute Gasteiger partial charge is 0.507 e. The average molecular weight is 356 g/mol. The van der Waals surface area contributed by atoms with Gasteiger partial charge in [-0.25, -0.2) is 0 Å². The number of hydrogen-bond donors (Lipinski definition) is 1. The number of amides is 2. The van der Waals surface area contributed by atoms with Gasteiger partial charge in [-0.05, 0) is 24.6 Å². The molecule has 1 aromatic carbocycles. The monoisotopic (exact) mass is 356 g/mol. The van der Waals surface area contributed by atoms with Crippen LogP contribution in [0.15, 0.2) is 35.7 Å². The molecule has 0 radical (unpaired) electrons. The summed E-state index contributed by atoms with van der Waals surface area (Å²) < 4.78 is 11.3. The second-order valence-corrected chi connectivity index (χ2v) is 6.42. The van der Waals surface area contributed by atoms with Crippen molar-refractivity contribution in [3.05, 3.63) is 41.3 Å². The Morgan fingerprint density at radius 1 is 1.19 bits per heavy atom. The van der Waals surface area contributed by atoms with Crippen molar-refractivity contribution >= 4 is 17.5 Å². The summed E-state index contributed by atoms with van der Waals surface area (Å²) in [6.07, 6.45) is 5.28. The van der Waals surface area contributed by atoms with Crippen molar-refractivity contribution in [2.45, 2.75) is 19.8 Å². The van der Waals surface area contributed by atoms with E-state index in [1.54, 1.807) is 15.9 Å². The number of phenolic OH excluding ortho intramolecular Hbond substituents is 1. The third-order valence-corrected chi connectivity index (χ3v) is 4.75. The summed E-state index contributed by atoms with van der Waals surface area (Å²) in [6.45, 7) is 3.30. The maximum atomic E-state index is 13.0. The van der Waals surface area contributed by atoms with Crippen LogP contribution in [0.2, 0.25) is 0 Å². The van der Waals surface area contributed by atoms with Crippen LogP contribution in [0.1, 0.15) is 30.1 Å². The molecule has 0 bridgehead atoms. The van der Waals surface area contributed by atoms with E-state index in [2.05, 4.69) is 0 Å². The Hall–Kier alpha value is -2.80. The Kier molecular flexibility index (Phi) is 4.16. The maximum Gasteiger partial charge on any atom is 0.261 e. The second kappa shape index (κ2) is 6.49. The van der Waals surface area contributed by atoms with Gasteiger partial charge in [0.1, 0.15) is 17.1 Å². The lowest BCUT2D eigenvalue weighted by molar-refractivity contribution is -0.116. The number of aromatic hydroxyl groups is 1. The van der Waals surface area contributed by atoms with E-state index in [9.17, 15) is 14.7 Å². The topological polar surface area (TPSA) is 79.3 Å². The average Bonchev–Trinajstić information content (AvgIpc) is 2.66. The van der Waals surface area contributed by atoms with Crippen LogP contribution in [0.5, 0.6) is 11.5 Å². The molecule has 2 heterocycles. The Bertz CT molecular complexity index is 837. The molecule has 1 N–H and O–H groups in total. The van der Waals surface area contributed by atoms with Gasteiger partial charge in [-0.15, -0.1) is 0 Å². The van der Waals surface area contributed by atoms with Crippen molar-refractivity contribution < 1.29 is 24.2 Å². The molecule has 0 atom stereocenters. The van der Waals surface area contributed by atoms with Crippen LogP contribution < -0.4 is 9.64 Å². The van der Waals surface area contributed by atoms with Gasteiger partial charge in [0, 0.05) is 26.4 Å². The predicted molar refractivity (Wildman–Crippen MR) is 94.0 cm³/mol. The number of rotatable bonds is 1. The smallest absolute Gasteiger partial charge is 0.261 e. The molecule has 1 saturated heterocycles. The number of ether oxygens (including phenoxy) is 2. The zero-order chi connectivity index (χ0) is 18.3. The van der Waals surface area contributed by atoms with E-state index in [-0.39, 0.29) is 28.9 Å². The lowest BCUT2D eigenvalue weighted by atomic mass is 10.0. The normalized spacial score (nSPS) is 19.0. The lowest BCUT2D eigenvalue weighted by Gasteiger charge is -2.35. The predicted octanol–water partition coefficient (Wildman–Crippen LogP) is 2.17. The molecule has 4 rings (SSSR count). The van der Waals surface area contributed by atoms with Crippen molar-refractivity contribution in [2.75, 3.05) is 31.2 Å². The number of anilines is 1. The van der Waals surface area contributed by atoms with E-state index in [0.717, 1.165) is 6.42 Å². The lowest BCUT2D eigenvalue weighted by Crippen LogP contribution is -2.41. The summed E-state index contributed by atoms with van der Waals surface area (Å²) in [5, 5.41) is 10.4. The van der Waals surface area contributed by atoms with Gasteiger partial charge in [0.2, 0.25) is 5.91 Å². The van der Waals surface area contributed by atoms with Gasteiger partial charge in [-0.2, -0.15) is 0 Å². The Morgan fingerprint density at radius 3 is 2.69 bits per heavy atom. The maximum absolute atomic E-state index is 13.0. The number of nitrogens with zero attached hydrogens (tertiary/aromatic N) is 2. The van der Waals surface area contributed by atoms with Crippen molar-refractivity contribution in [3.8, 4) is 11.5 Å². The first-order valence-electron chi connectivity index (χ1n) is 8.69. The standard InChI is InChI=1S/C19H20N2O5/c1-12(22)21-13-4-2-3-5-16(13)26-18-14(21)6-7-15(23)17(18)19(24)20-8-10-25-11-9-20/h2,4,6-7,23H,3,5,8-11H2,1H3. The van der Waals surface area contributed by atoms with Crippen molar-refractivity contribution in [1.29, 1.82) is 0 Å². The minimum atomic E-state index is -0.318. The van der Waals surface area contributed by atoms with Crippen molar-refractivity contribution in [3.63, 3.8) is 0 Å². The molecule has 7 heteroatoms. The summed E-state index contributed by atoms with van der Waals surface area (Å²) in [6, 6.07) is 3.04. The van der Waals surface area contributed by atoms with Crippen LogP contribution in [-0.4, -0.2) is 48.1 Å². The van der Waals surface area contributed by atoms with Gasteiger partial charge in [0.05, 0.1) is 24.6 Å². The molecule has 26 heavy (non-hydrogen) atoms. The van der Waals surface area contributed by atoms with Crippen LogP contribution in [0, 0.1) is 0 Å². The zero-order valence-corrected chi connectivity index (χ0v) is 14.5. The highest BCUT2D eigenvalue weighted by atomic mass is 16.5. The number of benzene rings is 1. The molecule has 3 aliphatic rings. The molecule has 0 unspecified atom stereocenters. The molecule has 1 fully saturated rings. The second-order valence-electron chi connectivity index (χ2n) is 6.42. The van der Waals surface area contributed by atoms with Gasteiger partial charge in [-0.1, -0.05) is 6.08 Å². The number of morpholine rings is 1. The van der Waals surface area contributed by atoms with E-state index < -0.39 is 0 Å². The highest BCUT2D eigenvalue weighted by molar-refractivity contribution is 6.05. The third-order valence-electron chi connectivity index (χ3n) is 4.75. The van der Waals surface area contributed by atoms with E-state index in [4.69, 9.17) is 9.47 Å². The van der Waals surface area contributed by atoms with E-state index in [0.29, 0.717) is 49.9 Å². The van der Waals surface area contributed by atoms with Crippen LogP contribution in [-0.2, 0) is 9.53 Å². The van der Waals surface area contributed by atoms with Gasteiger partial charge >= 0.3 is 0 Å². The van der Waals surface area contributed by atoms with E-state index in [1.165, 1.54) is 13.0 Å². The quantitative estimate of drug-likeness (QED) is 0.834. The Labute approximate surface area is 151 Å². The summed E-state index contributed by atoms with van der Waals surface area (Å²) >= 11 is 0. The SMILES string of the molecule is CC(=O)N1C2=C(CCC=C2)Oc2c1ccc(O)c2C(=O)N1CCOCC1. The number of carbonyl (C=O) groups excluding carboxylic acids is 2. The number of allylic oxidation sites excluding steroid dienone is 3. The van der Waals surface area contributed by atoms with E-state index >= 15 is 0 Å². The molecular formula is C19H20N2O5. The molecule has 0 saturated carbocycles.